The van der Waals surface area contributed by atoms with E-state index in [1.165, 1.54) is 47.8 Å². The van der Waals surface area contributed by atoms with Gasteiger partial charge in [0.15, 0.2) is 0 Å². The lowest BCUT2D eigenvalue weighted by Crippen LogP contribution is -2.37. The van der Waals surface area contributed by atoms with Gasteiger partial charge in [-0.05, 0) is 60.7 Å². The van der Waals surface area contributed by atoms with Gasteiger partial charge in [0, 0.05) is 26.2 Å². The van der Waals surface area contributed by atoms with Crippen LogP contribution in [0, 0.1) is 0 Å². The fourth-order valence-electron chi connectivity index (χ4n) is 4.50. The standard InChI is InChI=1S/C24H34N2O2/c1-2-8-24-22(6-4-12-26-15-19-28-20-16-26)10-9-21(23(24)7-1)5-3-11-25-13-17-27-18-14-25/h1-2,7-10H,3-6,11-20H2. The van der Waals surface area contributed by atoms with Crippen molar-refractivity contribution in [3.05, 3.63) is 47.5 Å². The molecule has 2 saturated heterocycles. The second-order valence-corrected chi connectivity index (χ2v) is 8.04. The summed E-state index contributed by atoms with van der Waals surface area (Å²) in [4.78, 5) is 5.07. The lowest BCUT2D eigenvalue weighted by atomic mass is 9.94. The first-order chi connectivity index (χ1) is 13.9. The molecule has 2 aliphatic heterocycles. The predicted molar refractivity (Wildman–Crippen MR) is 115 cm³/mol. The number of nitrogens with zero attached hydrogens (tertiary/aromatic N) is 2. The summed E-state index contributed by atoms with van der Waals surface area (Å²) >= 11 is 0. The molecule has 28 heavy (non-hydrogen) atoms. The van der Waals surface area contributed by atoms with Crippen molar-refractivity contribution in [3.63, 3.8) is 0 Å². The van der Waals surface area contributed by atoms with Crippen molar-refractivity contribution in [2.24, 2.45) is 0 Å². The highest BCUT2D eigenvalue weighted by Crippen LogP contribution is 2.25. The highest BCUT2D eigenvalue weighted by Gasteiger charge is 2.12. The van der Waals surface area contributed by atoms with Crippen LogP contribution in [0.2, 0.25) is 0 Å². The molecule has 4 heteroatoms. The summed E-state index contributed by atoms with van der Waals surface area (Å²) in [5, 5.41) is 2.90. The van der Waals surface area contributed by atoms with E-state index in [2.05, 4.69) is 46.2 Å². The Hall–Kier alpha value is -1.46. The smallest absolute Gasteiger partial charge is 0.0594 e. The highest BCUT2D eigenvalue weighted by atomic mass is 16.5. The third-order valence-electron chi connectivity index (χ3n) is 6.15. The first-order valence-corrected chi connectivity index (χ1v) is 11.0. The van der Waals surface area contributed by atoms with E-state index < -0.39 is 0 Å². The van der Waals surface area contributed by atoms with E-state index >= 15 is 0 Å². The Morgan fingerprint density at radius 1 is 0.607 bits per heavy atom. The number of fused-ring (bicyclic) bond motifs is 1. The molecule has 0 bridgehead atoms. The zero-order valence-corrected chi connectivity index (χ0v) is 17.1. The summed E-state index contributed by atoms with van der Waals surface area (Å²) in [6.07, 6.45) is 4.76. The largest absolute Gasteiger partial charge is 0.379 e. The van der Waals surface area contributed by atoms with E-state index in [1.54, 1.807) is 0 Å². The lowest BCUT2D eigenvalue weighted by molar-refractivity contribution is 0.0374. The molecule has 2 aromatic rings. The molecule has 4 rings (SSSR count). The van der Waals surface area contributed by atoms with E-state index in [1.807, 2.05) is 0 Å². The van der Waals surface area contributed by atoms with Gasteiger partial charge in [-0.15, -0.1) is 0 Å². The zero-order valence-electron chi connectivity index (χ0n) is 17.1. The van der Waals surface area contributed by atoms with Crippen molar-refractivity contribution in [1.82, 2.24) is 9.80 Å². The maximum Gasteiger partial charge on any atom is 0.0594 e. The van der Waals surface area contributed by atoms with Crippen LogP contribution in [0.25, 0.3) is 10.8 Å². The van der Waals surface area contributed by atoms with Crippen LogP contribution in [-0.2, 0) is 22.3 Å². The molecule has 2 heterocycles. The number of ether oxygens (including phenoxy) is 2. The van der Waals surface area contributed by atoms with Gasteiger partial charge < -0.3 is 9.47 Å². The van der Waals surface area contributed by atoms with E-state index in [9.17, 15) is 0 Å². The Balaban J connectivity index is 1.35. The number of hydrogen-bond acceptors (Lipinski definition) is 4. The van der Waals surface area contributed by atoms with E-state index in [0.717, 1.165) is 65.4 Å². The molecule has 0 unspecified atom stereocenters. The summed E-state index contributed by atoms with van der Waals surface area (Å²) in [5.74, 6) is 0. The van der Waals surface area contributed by atoms with Gasteiger partial charge in [0.2, 0.25) is 0 Å². The second-order valence-electron chi connectivity index (χ2n) is 8.04. The third kappa shape index (κ3) is 5.32. The first kappa shape index (κ1) is 19.8. The molecule has 0 aliphatic carbocycles. The Bertz CT molecular complexity index is 674. The Kier molecular flexibility index (Phi) is 7.34. The van der Waals surface area contributed by atoms with Crippen LogP contribution in [-0.4, -0.2) is 75.5 Å². The molecule has 0 radical (unpaired) electrons. The minimum absolute atomic E-state index is 0.891. The van der Waals surface area contributed by atoms with Crippen molar-refractivity contribution < 1.29 is 9.47 Å². The number of aryl methyl sites for hydroxylation is 2. The van der Waals surface area contributed by atoms with Gasteiger partial charge in [-0.1, -0.05) is 36.4 Å². The Labute approximate surface area is 169 Å². The summed E-state index contributed by atoms with van der Waals surface area (Å²) in [6, 6.07) is 13.8. The molecule has 0 amide bonds. The third-order valence-corrected chi connectivity index (χ3v) is 6.15. The molecule has 0 spiro atoms. The lowest BCUT2D eigenvalue weighted by Gasteiger charge is -2.26. The minimum atomic E-state index is 0.891. The number of hydrogen-bond donors (Lipinski definition) is 0. The number of rotatable bonds is 8. The quantitative estimate of drug-likeness (QED) is 0.699. The van der Waals surface area contributed by atoms with Crippen LogP contribution in [0.3, 0.4) is 0 Å². The summed E-state index contributed by atoms with van der Waals surface area (Å²) in [7, 11) is 0. The number of benzene rings is 2. The van der Waals surface area contributed by atoms with Crippen LogP contribution >= 0.6 is 0 Å². The molecule has 2 aromatic carbocycles. The Morgan fingerprint density at radius 2 is 1.04 bits per heavy atom. The topological polar surface area (TPSA) is 24.9 Å². The van der Waals surface area contributed by atoms with Gasteiger partial charge in [-0.3, -0.25) is 9.80 Å². The molecule has 2 aliphatic rings. The summed E-state index contributed by atoms with van der Waals surface area (Å²) in [5.41, 5.74) is 3.00. The van der Waals surface area contributed by atoms with Crippen LogP contribution in [0.15, 0.2) is 36.4 Å². The van der Waals surface area contributed by atoms with Crippen LogP contribution in [0.4, 0.5) is 0 Å². The van der Waals surface area contributed by atoms with Crippen LogP contribution < -0.4 is 0 Å². The first-order valence-electron chi connectivity index (χ1n) is 11.0. The van der Waals surface area contributed by atoms with Crippen molar-refractivity contribution >= 4 is 10.8 Å². The molecule has 4 nitrogen and oxygen atoms in total. The molecule has 152 valence electrons. The average molecular weight is 383 g/mol. The normalized spacial score (nSPS) is 19.3. The van der Waals surface area contributed by atoms with Gasteiger partial charge in [0.1, 0.15) is 0 Å². The molecule has 0 saturated carbocycles. The van der Waals surface area contributed by atoms with E-state index in [4.69, 9.17) is 9.47 Å². The average Bonchev–Trinajstić information content (AvgIpc) is 2.76. The van der Waals surface area contributed by atoms with Crippen LogP contribution in [0.1, 0.15) is 24.0 Å². The van der Waals surface area contributed by atoms with E-state index in [0.29, 0.717) is 0 Å². The summed E-state index contributed by atoms with van der Waals surface area (Å²) in [6.45, 7) is 10.3. The molecule has 2 fully saturated rings. The minimum Gasteiger partial charge on any atom is -0.379 e. The number of morpholine rings is 2. The second kappa shape index (κ2) is 10.4. The fraction of sp³-hybridized carbons (Fsp3) is 0.583. The highest BCUT2D eigenvalue weighted by molar-refractivity contribution is 5.88. The maximum absolute atomic E-state index is 5.46. The molecule has 0 N–H and O–H groups in total. The van der Waals surface area contributed by atoms with Crippen molar-refractivity contribution in [1.29, 1.82) is 0 Å². The molecular formula is C24H34N2O2. The van der Waals surface area contributed by atoms with Crippen molar-refractivity contribution in [2.45, 2.75) is 25.7 Å². The van der Waals surface area contributed by atoms with Crippen LogP contribution in [0.5, 0.6) is 0 Å². The zero-order chi connectivity index (χ0) is 19.0. The van der Waals surface area contributed by atoms with E-state index in [-0.39, 0.29) is 0 Å². The Morgan fingerprint density at radius 3 is 1.46 bits per heavy atom. The van der Waals surface area contributed by atoms with Gasteiger partial charge in [0.25, 0.3) is 0 Å². The SMILES string of the molecule is c1ccc2c(CCCN3CCOCC3)ccc(CCCN3CCOCC3)c2c1. The molecule has 0 atom stereocenters. The van der Waals surface area contributed by atoms with Gasteiger partial charge >= 0.3 is 0 Å². The maximum atomic E-state index is 5.46. The van der Waals surface area contributed by atoms with Gasteiger partial charge in [-0.25, -0.2) is 0 Å². The fourth-order valence-corrected chi connectivity index (χ4v) is 4.50. The molecule has 0 aromatic heterocycles. The van der Waals surface area contributed by atoms with Gasteiger partial charge in [-0.2, -0.15) is 0 Å². The predicted octanol–water partition coefficient (Wildman–Crippen LogP) is 3.37. The van der Waals surface area contributed by atoms with Gasteiger partial charge in [0.05, 0.1) is 26.4 Å². The summed E-state index contributed by atoms with van der Waals surface area (Å²) < 4.78 is 10.9. The van der Waals surface area contributed by atoms with Crippen molar-refractivity contribution in [3.8, 4) is 0 Å². The molecular weight excluding hydrogens is 348 g/mol. The van der Waals surface area contributed by atoms with Crippen molar-refractivity contribution in [2.75, 3.05) is 65.7 Å². The monoisotopic (exact) mass is 382 g/mol.